The van der Waals surface area contributed by atoms with Gasteiger partial charge < -0.3 is 56.8 Å². The fourth-order valence-electron chi connectivity index (χ4n) is 10.1. The third-order valence-electron chi connectivity index (χ3n) is 20.9. The molecule has 0 aromatic heterocycles. The molecule has 0 aromatic rings. The number of carbonyl (C=O) groups is 24. The highest BCUT2D eigenvalue weighted by molar-refractivity contribution is 6.06. The van der Waals surface area contributed by atoms with Crippen LogP contribution in [0.1, 0.15) is 256 Å². The van der Waals surface area contributed by atoms with E-state index in [-0.39, 0.29) is 69.6 Å². The fourth-order valence-corrected chi connectivity index (χ4v) is 10.1. The molecule has 0 spiro atoms. The molecule has 6 heterocycles. The standard InChI is InChI=1S/2C14H18F3NO6.2C14H21NO6.2C13H19NO6/c1-5-13(4,14(15,16)17)12(22)23-7(2)11(21)18-9(20)6-10(18)24-8(3)19;1-4-11(21)24-10-6-8(19)18(10)9(20)7-23-12(22)13(3,5-2)14(15,16)17;1-6-14(4,5)13(19)20-8(2)12(18)15-10(17)7-11(15)21-9(3)16;1-5-12(18)21-11-7-9(16)15(11)10(17)8-20-13(19)14(3,4)6-2;1-5-7(2)13(18)19-8(3)12(17)14-10(16)6-11(14)20-9(4)15;1-4-8(3)13(18)19-7-10(16)14-9(15)6-11(14)20-12(17)5-2/h7,10H,5-6H2,1-4H3;10H,4-7H2,1-3H3;8,11H,6-7H2,1-5H3;11H,5-8H2,1-4H3;7-8,11H,5-6H2,1-4H3;8,11H,4-7H2,1-3H3. The van der Waals surface area contributed by atoms with Gasteiger partial charge in [-0.2, -0.15) is 26.3 Å². The summed E-state index contributed by atoms with van der Waals surface area (Å²) in [4.78, 5) is 281. The first-order valence-corrected chi connectivity index (χ1v) is 41.3. The van der Waals surface area contributed by atoms with E-state index >= 15 is 0 Å². The SMILES string of the molecule is CCC(=O)OC1CC(=O)N1C(=O)COC(=O)C(C)(C)CC.CCC(=O)OC1CC(=O)N1C(=O)COC(=O)C(C)(CC)C(F)(F)F.CCC(=O)OC1CC(=O)N1C(=O)COC(=O)C(C)CC.CCC(C)(C(=O)OC(C)C(=O)N1C(=O)CC1OC(C)=O)C(F)(F)F.CCC(C)(C)C(=O)OC(C)C(=O)N1C(=O)CC1OC(C)=O.CCC(C)C(=O)OC(C)C(=O)N1C(=O)CC1OC(C)=O. The molecule has 0 saturated carbocycles. The molecule has 13 atom stereocenters. The fraction of sp³-hybridized carbons (Fsp3) is 0.707. The van der Waals surface area contributed by atoms with Crippen LogP contribution in [0.5, 0.6) is 0 Å². The van der Waals surface area contributed by atoms with E-state index in [1.807, 2.05) is 27.7 Å². The Kier molecular flexibility index (Phi) is 44.9. The maximum absolute atomic E-state index is 13.0. The molecule has 0 N–H and O–H groups in total. The van der Waals surface area contributed by atoms with Crippen LogP contribution in [-0.2, 0) is 172 Å². The Hall–Kier alpha value is -11.9. The van der Waals surface area contributed by atoms with E-state index in [4.69, 9.17) is 47.4 Å². The highest BCUT2D eigenvalue weighted by Gasteiger charge is 2.59. The number of hydrogen-bond acceptors (Lipinski definition) is 36. The number of alkyl halides is 6. The molecule has 130 heavy (non-hydrogen) atoms. The van der Waals surface area contributed by atoms with Crippen LogP contribution in [0.15, 0.2) is 0 Å². The summed E-state index contributed by atoms with van der Waals surface area (Å²) in [7, 11) is 0. The van der Waals surface area contributed by atoms with Crippen molar-refractivity contribution in [2.45, 2.75) is 324 Å². The molecule has 6 aliphatic rings. The molecule has 13 unspecified atom stereocenters. The quantitative estimate of drug-likeness (QED) is 0.0300. The van der Waals surface area contributed by atoms with E-state index < -0.39 is 265 Å². The number of amides is 12. The van der Waals surface area contributed by atoms with E-state index in [0.29, 0.717) is 49.3 Å². The van der Waals surface area contributed by atoms with Crippen molar-refractivity contribution >= 4 is 143 Å². The van der Waals surface area contributed by atoms with Crippen LogP contribution in [-0.4, -0.2) is 260 Å². The molecule has 6 rings (SSSR count). The van der Waals surface area contributed by atoms with Crippen molar-refractivity contribution in [1.29, 1.82) is 0 Å². The van der Waals surface area contributed by atoms with Gasteiger partial charge in [-0.15, -0.1) is 0 Å². The summed E-state index contributed by atoms with van der Waals surface area (Å²) in [6.45, 7) is 31.1. The minimum absolute atomic E-state index is 0.0171. The van der Waals surface area contributed by atoms with Crippen LogP contribution in [0.2, 0.25) is 0 Å². The van der Waals surface area contributed by atoms with E-state index in [9.17, 15) is 141 Å². The Morgan fingerprint density at radius 2 is 0.554 bits per heavy atom. The van der Waals surface area contributed by atoms with Crippen LogP contribution in [0, 0.1) is 33.5 Å². The van der Waals surface area contributed by atoms with Gasteiger partial charge in [0.25, 0.3) is 35.4 Å². The topological polar surface area (TPSA) is 540 Å². The van der Waals surface area contributed by atoms with Crippen LogP contribution in [0.25, 0.3) is 0 Å². The molecule has 0 aliphatic carbocycles. The lowest BCUT2D eigenvalue weighted by atomic mass is 9.87. The largest absolute Gasteiger partial charge is 0.455 e. The summed E-state index contributed by atoms with van der Waals surface area (Å²) >= 11 is 0. The summed E-state index contributed by atoms with van der Waals surface area (Å²) in [5.74, 6) is -17.3. The summed E-state index contributed by atoms with van der Waals surface area (Å²) in [6.07, 6.45) is -18.3. The molecule has 6 aliphatic heterocycles. The second-order valence-electron chi connectivity index (χ2n) is 31.5. The first kappa shape index (κ1) is 116. The zero-order valence-electron chi connectivity index (χ0n) is 76.7. The molecular formula is C82H116F6N6O36. The molecule has 0 aromatic carbocycles. The summed E-state index contributed by atoms with van der Waals surface area (Å²) < 4.78 is 136. The van der Waals surface area contributed by atoms with Crippen molar-refractivity contribution < 1.29 is 198 Å². The van der Waals surface area contributed by atoms with Crippen LogP contribution in [0.3, 0.4) is 0 Å². The third kappa shape index (κ3) is 32.0. The molecular weight excluding hydrogens is 1760 g/mol. The van der Waals surface area contributed by atoms with Crippen molar-refractivity contribution in [1.82, 2.24) is 29.4 Å². The lowest BCUT2D eigenvalue weighted by molar-refractivity contribution is -0.234. The van der Waals surface area contributed by atoms with Crippen LogP contribution < -0.4 is 0 Å². The number of likely N-dealkylation sites (tertiary alicyclic amines) is 6. The van der Waals surface area contributed by atoms with Gasteiger partial charge in [-0.25, -0.2) is 29.4 Å². The zero-order chi connectivity index (χ0) is 101. The zero-order valence-corrected chi connectivity index (χ0v) is 76.7. The van der Waals surface area contributed by atoms with Gasteiger partial charge in [0.05, 0.1) is 61.2 Å². The molecule has 12 amide bonds. The predicted octanol–water partition coefficient (Wildman–Crippen LogP) is 6.32. The molecule has 732 valence electrons. The van der Waals surface area contributed by atoms with E-state index in [0.717, 1.165) is 47.3 Å². The van der Waals surface area contributed by atoms with Gasteiger partial charge in [-0.1, -0.05) is 76.2 Å². The first-order chi connectivity index (χ1) is 59.8. The lowest BCUT2D eigenvalue weighted by Gasteiger charge is -2.38. The Bertz CT molecular complexity index is 4240. The lowest BCUT2D eigenvalue weighted by Crippen LogP contribution is -2.60. The third-order valence-corrected chi connectivity index (χ3v) is 20.9. The van der Waals surface area contributed by atoms with Crippen LogP contribution >= 0.6 is 0 Å². The predicted molar refractivity (Wildman–Crippen MR) is 421 cm³/mol. The molecule has 42 nitrogen and oxygen atoms in total. The van der Waals surface area contributed by atoms with Gasteiger partial charge in [-0.05, 0) is 101 Å². The number of halogens is 6. The normalized spacial score (nSPS) is 19.8. The minimum atomic E-state index is -4.85. The minimum Gasteiger partial charge on any atom is -0.455 e. The number of rotatable bonds is 33. The number of β-lactam (4-membered cyclic amide) rings is 6. The van der Waals surface area contributed by atoms with E-state index in [1.165, 1.54) is 34.6 Å². The van der Waals surface area contributed by atoms with Crippen molar-refractivity contribution in [3.05, 3.63) is 0 Å². The van der Waals surface area contributed by atoms with Gasteiger partial charge in [0.2, 0.25) is 35.4 Å². The van der Waals surface area contributed by atoms with E-state index in [2.05, 4.69) is 9.47 Å². The number of esters is 12. The highest BCUT2D eigenvalue weighted by Crippen LogP contribution is 2.44. The Labute approximate surface area is 744 Å². The van der Waals surface area contributed by atoms with Crippen molar-refractivity contribution in [2.24, 2.45) is 33.5 Å². The number of carbonyl (C=O) groups excluding carboxylic acids is 24. The van der Waals surface area contributed by atoms with Gasteiger partial charge in [0.15, 0.2) is 86.3 Å². The number of hydrogen-bond donors (Lipinski definition) is 0. The Balaban J connectivity index is 0.000000781. The second-order valence-corrected chi connectivity index (χ2v) is 31.5. The molecule has 48 heteroatoms. The smallest absolute Gasteiger partial charge is 0.404 e. The summed E-state index contributed by atoms with van der Waals surface area (Å²) in [5, 5.41) is 0. The Morgan fingerprint density at radius 3 is 0.800 bits per heavy atom. The Morgan fingerprint density at radius 1 is 0.315 bits per heavy atom. The van der Waals surface area contributed by atoms with Crippen molar-refractivity contribution in [3.8, 4) is 0 Å². The molecule has 6 saturated heterocycles. The number of nitrogens with zero attached hydrogens (tertiary/aromatic N) is 6. The average Bonchev–Trinajstić information content (AvgIpc) is 0.783. The van der Waals surface area contributed by atoms with Crippen LogP contribution in [0.4, 0.5) is 26.3 Å². The van der Waals surface area contributed by atoms with E-state index in [1.54, 1.807) is 55.4 Å². The van der Waals surface area contributed by atoms with Gasteiger partial charge in [0, 0.05) is 40.0 Å². The van der Waals surface area contributed by atoms with Gasteiger partial charge in [-0.3, -0.25) is 115 Å². The van der Waals surface area contributed by atoms with Crippen molar-refractivity contribution in [3.63, 3.8) is 0 Å². The van der Waals surface area contributed by atoms with Crippen molar-refractivity contribution in [2.75, 3.05) is 19.8 Å². The maximum Gasteiger partial charge on any atom is 0.404 e. The maximum atomic E-state index is 13.0. The van der Waals surface area contributed by atoms with Gasteiger partial charge >= 0.3 is 84.0 Å². The number of ether oxygens (including phenoxy) is 12. The monoisotopic (exact) mass is 1870 g/mol. The average molecular weight is 1880 g/mol. The molecule has 0 radical (unpaired) electrons. The number of imide groups is 6. The second kappa shape index (κ2) is 50.3. The summed E-state index contributed by atoms with van der Waals surface area (Å²) in [6, 6.07) is 0. The highest BCUT2D eigenvalue weighted by atomic mass is 19.4. The summed E-state index contributed by atoms with van der Waals surface area (Å²) in [5.41, 5.74) is -6.91. The van der Waals surface area contributed by atoms with Gasteiger partial charge in [0.1, 0.15) is 0 Å². The first-order valence-electron chi connectivity index (χ1n) is 41.3. The molecule has 6 fully saturated rings. The molecule has 0 bridgehead atoms.